The van der Waals surface area contributed by atoms with E-state index in [0.717, 1.165) is 31.6 Å². The minimum absolute atomic E-state index is 0. The predicted octanol–water partition coefficient (Wildman–Crippen LogP) is 4.34. The van der Waals surface area contributed by atoms with E-state index in [1.54, 1.807) is 0 Å². The zero-order valence-corrected chi connectivity index (χ0v) is 21.8. The number of rotatable bonds is 7. The van der Waals surface area contributed by atoms with Crippen LogP contribution in [0.1, 0.15) is 69.4 Å². The molecule has 2 aliphatic heterocycles. The fraction of sp³-hybridized carbons (Fsp3) is 0.720. The second kappa shape index (κ2) is 11.8. The standard InChI is InChI=1S/C25H40N4O.HI/c1-4-26-25(27-22-9-12-29(13-10-22)16-19-11-14-30-17-19)28-24-15-23(24)21-7-5-20(6-8-21)18(2)3;/h5-8,18-19,22-24H,4,9-17H2,1-3H3,(H2,26,27,28);1H. The highest BCUT2D eigenvalue weighted by Gasteiger charge is 2.39. The molecule has 1 aliphatic carbocycles. The van der Waals surface area contributed by atoms with Crippen LogP contribution in [-0.4, -0.2) is 62.3 Å². The Hall–Kier alpha value is -0.860. The molecule has 6 heteroatoms. The number of halogens is 1. The number of nitrogens with one attached hydrogen (secondary N) is 2. The van der Waals surface area contributed by atoms with E-state index in [1.807, 2.05) is 0 Å². The molecule has 0 amide bonds. The highest BCUT2D eigenvalue weighted by atomic mass is 127. The van der Waals surface area contributed by atoms with Crippen molar-refractivity contribution >= 4 is 29.9 Å². The molecule has 31 heavy (non-hydrogen) atoms. The van der Waals surface area contributed by atoms with Gasteiger partial charge in [0.25, 0.3) is 0 Å². The molecule has 3 fully saturated rings. The van der Waals surface area contributed by atoms with Crippen LogP contribution in [-0.2, 0) is 4.74 Å². The number of hydrogen-bond donors (Lipinski definition) is 2. The summed E-state index contributed by atoms with van der Waals surface area (Å²) in [5.74, 6) is 2.96. The fourth-order valence-corrected chi connectivity index (χ4v) is 4.86. The van der Waals surface area contributed by atoms with Crippen LogP contribution in [0.15, 0.2) is 29.3 Å². The Labute approximate surface area is 205 Å². The second-order valence-corrected chi connectivity index (χ2v) is 9.69. The largest absolute Gasteiger partial charge is 0.381 e. The molecule has 0 bridgehead atoms. The summed E-state index contributed by atoms with van der Waals surface area (Å²) in [4.78, 5) is 7.35. The molecule has 0 aromatic heterocycles. The number of likely N-dealkylation sites (tertiary alicyclic amines) is 1. The summed E-state index contributed by atoms with van der Waals surface area (Å²) in [5.41, 5.74) is 2.88. The first-order chi connectivity index (χ1) is 14.6. The summed E-state index contributed by atoms with van der Waals surface area (Å²) in [7, 11) is 0. The van der Waals surface area contributed by atoms with Crippen LogP contribution >= 0.6 is 24.0 Å². The molecule has 1 aromatic carbocycles. The molecule has 5 nitrogen and oxygen atoms in total. The first kappa shape index (κ1) is 24.8. The normalized spacial score (nSPS) is 27.2. The van der Waals surface area contributed by atoms with Gasteiger partial charge in [0, 0.05) is 50.8 Å². The van der Waals surface area contributed by atoms with Crippen LogP contribution in [0.3, 0.4) is 0 Å². The van der Waals surface area contributed by atoms with Gasteiger partial charge in [0.05, 0.1) is 6.61 Å². The Morgan fingerprint density at radius 1 is 1.13 bits per heavy atom. The number of benzene rings is 1. The maximum atomic E-state index is 5.54. The van der Waals surface area contributed by atoms with Crippen LogP contribution in [0.4, 0.5) is 0 Å². The van der Waals surface area contributed by atoms with Gasteiger partial charge in [0.1, 0.15) is 0 Å². The SMILES string of the molecule is CCN=C(NC1CCN(CC2CCOC2)CC1)NC1CC1c1ccc(C(C)C)cc1.I. The minimum Gasteiger partial charge on any atom is -0.381 e. The van der Waals surface area contributed by atoms with Crippen molar-refractivity contribution < 1.29 is 4.74 Å². The van der Waals surface area contributed by atoms with Gasteiger partial charge in [-0.25, -0.2) is 0 Å². The number of aliphatic imine (C=N–C) groups is 1. The maximum absolute atomic E-state index is 5.54. The lowest BCUT2D eigenvalue weighted by Crippen LogP contribution is -2.50. The van der Waals surface area contributed by atoms with E-state index in [1.165, 1.54) is 56.4 Å². The Morgan fingerprint density at radius 2 is 1.87 bits per heavy atom. The molecule has 2 saturated heterocycles. The van der Waals surface area contributed by atoms with Gasteiger partial charge in [0.15, 0.2) is 5.96 Å². The molecule has 3 unspecified atom stereocenters. The van der Waals surface area contributed by atoms with Gasteiger partial charge in [-0.1, -0.05) is 38.1 Å². The predicted molar refractivity (Wildman–Crippen MR) is 140 cm³/mol. The molecule has 0 radical (unpaired) electrons. The number of guanidine groups is 1. The van der Waals surface area contributed by atoms with Crippen LogP contribution in [0.2, 0.25) is 0 Å². The lowest BCUT2D eigenvalue weighted by atomic mass is 10.0. The average molecular weight is 541 g/mol. The Kier molecular flexibility index (Phi) is 9.47. The van der Waals surface area contributed by atoms with Crippen molar-refractivity contribution in [3.8, 4) is 0 Å². The number of ether oxygens (including phenoxy) is 1. The monoisotopic (exact) mass is 540 g/mol. The number of nitrogens with zero attached hydrogens (tertiary/aromatic N) is 2. The van der Waals surface area contributed by atoms with Crippen molar-refractivity contribution in [1.82, 2.24) is 15.5 Å². The van der Waals surface area contributed by atoms with E-state index in [9.17, 15) is 0 Å². The zero-order chi connectivity index (χ0) is 20.9. The third kappa shape index (κ3) is 7.06. The molecule has 1 aromatic rings. The molecule has 3 aliphatic rings. The summed E-state index contributed by atoms with van der Waals surface area (Å²) in [6.07, 6.45) is 4.83. The minimum atomic E-state index is 0. The van der Waals surface area contributed by atoms with Crippen molar-refractivity contribution in [2.24, 2.45) is 10.9 Å². The Morgan fingerprint density at radius 3 is 2.48 bits per heavy atom. The fourth-order valence-electron chi connectivity index (χ4n) is 4.86. The lowest BCUT2D eigenvalue weighted by molar-refractivity contribution is 0.150. The molecular formula is C25H41IN4O. The summed E-state index contributed by atoms with van der Waals surface area (Å²) < 4.78 is 5.54. The van der Waals surface area contributed by atoms with Gasteiger partial charge in [-0.3, -0.25) is 4.99 Å². The van der Waals surface area contributed by atoms with E-state index in [-0.39, 0.29) is 24.0 Å². The van der Waals surface area contributed by atoms with Crippen molar-refractivity contribution in [3.63, 3.8) is 0 Å². The van der Waals surface area contributed by atoms with Crippen LogP contribution in [0.25, 0.3) is 0 Å². The van der Waals surface area contributed by atoms with Gasteiger partial charge in [-0.15, -0.1) is 24.0 Å². The summed E-state index contributed by atoms with van der Waals surface area (Å²) in [6.45, 7) is 12.9. The van der Waals surface area contributed by atoms with E-state index in [2.05, 4.69) is 60.6 Å². The number of piperidine rings is 1. The van der Waals surface area contributed by atoms with E-state index in [4.69, 9.17) is 9.73 Å². The number of hydrogen-bond acceptors (Lipinski definition) is 3. The quantitative estimate of drug-likeness (QED) is 0.307. The van der Waals surface area contributed by atoms with Crippen LogP contribution in [0, 0.1) is 5.92 Å². The molecule has 1 saturated carbocycles. The second-order valence-electron chi connectivity index (χ2n) is 9.69. The first-order valence-electron chi connectivity index (χ1n) is 12.1. The van der Waals surface area contributed by atoms with Crippen LogP contribution < -0.4 is 10.6 Å². The van der Waals surface area contributed by atoms with E-state index < -0.39 is 0 Å². The third-order valence-electron chi connectivity index (χ3n) is 6.93. The molecule has 2 N–H and O–H groups in total. The van der Waals surface area contributed by atoms with Crippen LogP contribution in [0.5, 0.6) is 0 Å². The average Bonchev–Trinajstić information content (AvgIpc) is 3.32. The maximum Gasteiger partial charge on any atom is 0.191 e. The van der Waals surface area contributed by atoms with Gasteiger partial charge in [-0.2, -0.15) is 0 Å². The molecular weight excluding hydrogens is 499 g/mol. The molecule has 4 rings (SSSR count). The van der Waals surface area contributed by atoms with Gasteiger partial charge in [-0.05, 0) is 55.6 Å². The first-order valence-corrected chi connectivity index (χ1v) is 12.1. The Bertz CT molecular complexity index is 694. The topological polar surface area (TPSA) is 48.9 Å². The van der Waals surface area contributed by atoms with Gasteiger partial charge in [0.2, 0.25) is 0 Å². The molecule has 0 spiro atoms. The summed E-state index contributed by atoms with van der Waals surface area (Å²) >= 11 is 0. The van der Waals surface area contributed by atoms with E-state index in [0.29, 0.717) is 23.9 Å². The summed E-state index contributed by atoms with van der Waals surface area (Å²) in [5, 5.41) is 7.43. The zero-order valence-electron chi connectivity index (χ0n) is 19.5. The van der Waals surface area contributed by atoms with Crippen molar-refractivity contribution in [2.45, 2.75) is 70.4 Å². The van der Waals surface area contributed by atoms with Gasteiger partial charge >= 0.3 is 0 Å². The Balaban J connectivity index is 0.00000272. The lowest BCUT2D eigenvalue weighted by Gasteiger charge is -2.34. The third-order valence-corrected chi connectivity index (χ3v) is 6.93. The molecule has 174 valence electrons. The van der Waals surface area contributed by atoms with E-state index >= 15 is 0 Å². The smallest absolute Gasteiger partial charge is 0.191 e. The van der Waals surface area contributed by atoms with Gasteiger partial charge < -0.3 is 20.3 Å². The summed E-state index contributed by atoms with van der Waals surface area (Å²) in [6, 6.07) is 10.3. The highest BCUT2D eigenvalue weighted by molar-refractivity contribution is 14.0. The molecule has 2 heterocycles. The molecule has 3 atom stereocenters. The van der Waals surface area contributed by atoms with Crippen molar-refractivity contribution in [1.29, 1.82) is 0 Å². The van der Waals surface area contributed by atoms with Crippen molar-refractivity contribution in [2.75, 3.05) is 39.4 Å². The highest BCUT2D eigenvalue weighted by Crippen LogP contribution is 2.41. The van der Waals surface area contributed by atoms with Crippen molar-refractivity contribution in [3.05, 3.63) is 35.4 Å².